The number of rotatable bonds is 4. The fourth-order valence-electron chi connectivity index (χ4n) is 2.05. The topological polar surface area (TPSA) is 101 Å². The molecule has 2 amide bonds. The summed E-state index contributed by atoms with van der Waals surface area (Å²) in [4.78, 5) is 10.9. The minimum absolute atomic E-state index is 0.0585. The maximum atomic E-state index is 11.9. The Morgan fingerprint density at radius 2 is 2.06 bits per heavy atom. The van der Waals surface area contributed by atoms with E-state index < -0.39 is 15.9 Å². The van der Waals surface area contributed by atoms with Crippen LogP contribution in [-0.4, -0.2) is 33.3 Å². The standard InChI is InChI=1S/C11H15N3O3S/c12-11(15)14-6-5-13-9-7-18(16,17)10-4-2-1-3-8(9)10/h1-4,9,13H,5-7H2,(H3,12,14,15). The number of hydrogen-bond acceptors (Lipinski definition) is 4. The average Bonchev–Trinajstić information content (AvgIpc) is 2.57. The van der Waals surface area contributed by atoms with Gasteiger partial charge >= 0.3 is 6.03 Å². The molecule has 2 rings (SSSR count). The number of amides is 2. The molecular weight excluding hydrogens is 254 g/mol. The minimum Gasteiger partial charge on any atom is -0.352 e. The second kappa shape index (κ2) is 4.95. The molecule has 0 radical (unpaired) electrons. The highest BCUT2D eigenvalue weighted by Crippen LogP contribution is 2.32. The molecule has 6 nitrogen and oxygen atoms in total. The highest BCUT2D eigenvalue weighted by atomic mass is 32.2. The van der Waals surface area contributed by atoms with E-state index in [1.54, 1.807) is 18.2 Å². The second-order valence-corrected chi connectivity index (χ2v) is 6.12. The van der Waals surface area contributed by atoms with E-state index in [4.69, 9.17) is 5.73 Å². The highest BCUT2D eigenvalue weighted by molar-refractivity contribution is 7.91. The maximum Gasteiger partial charge on any atom is 0.312 e. The third kappa shape index (κ3) is 2.62. The lowest BCUT2D eigenvalue weighted by Crippen LogP contribution is -2.36. The van der Waals surface area contributed by atoms with Gasteiger partial charge in [-0.15, -0.1) is 0 Å². The zero-order valence-corrected chi connectivity index (χ0v) is 10.5. The number of urea groups is 1. The Balaban J connectivity index is 2.02. The van der Waals surface area contributed by atoms with Crippen LogP contribution in [0.4, 0.5) is 4.79 Å². The van der Waals surface area contributed by atoms with Crippen LogP contribution in [0.5, 0.6) is 0 Å². The predicted octanol–water partition coefficient (Wildman–Crippen LogP) is -0.227. The van der Waals surface area contributed by atoms with Crippen LogP contribution in [0.25, 0.3) is 0 Å². The molecule has 0 saturated carbocycles. The van der Waals surface area contributed by atoms with Crippen molar-refractivity contribution >= 4 is 15.9 Å². The Hall–Kier alpha value is -1.60. The molecule has 0 saturated heterocycles. The van der Waals surface area contributed by atoms with Crippen molar-refractivity contribution in [2.24, 2.45) is 5.73 Å². The van der Waals surface area contributed by atoms with Crippen LogP contribution in [-0.2, 0) is 9.84 Å². The van der Waals surface area contributed by atoms with Crippen LogP contribution in [0.3, 0.4) is 0 Å². The number of primary amides is 1. The molecule has 0 aromatic heterocycles. The van der Waals surface area contributed by atoms with Gasteiger partial charge in [-0.1, -0.05) is 18.2 Å². The monoisotopic (exact) mass is 269 g/mol. The summed E-state index contributed by atoms with van der Waals surface area (Å²) in [6, 6.07) is 6.15. The highest BCUT2D eigenvalue weighted by Gasteiger charge is 2.33. The van der Waals surface area contributed by atoms with Crippen LogP contribution in [0.1, 0.15) is 11.6 Å². The van der Waals surface area contributed by atoms with Crippen LogP contribution in [0, 0.1) is 0 Å². The lowest BCUT2D eigenvalue weighted by atomic mass is 10.1. The van der Waals surface area contributed by atoms with Crippen molar-refractivity contribution in [2.75, 3.05) is 18.8 Å². The molecule has 1 heterocycles. The number of benzene rings is 1. The molecule has 0 spiro atoms. The second-order valence-electron chi connectivity index (χ2n) is 4.12. The fourth-order valence-corrected chi connectivity index (χ4v) is 3.82. The molecule has 1 unspecified atom stereocenters. The van der Waals surface area contributed by atoms with Gasteiger partial charge in [0.25, 0.3) is 0 Å². The van der Waals surface area contributed by atoms with Gasteiger partial charge in [-0.3, -0.25) is 0 Å². The summed E-state index contributed by atoms with van der Waals surface area (Å²) in [7, 11) is -3.18. The smallest absolute Gasteiger partial charge is 0.312 e. The van der Waals surface area contributed by atoms with Crippen molar-refractivity contribution < 1.29 is 13.2 Å². The molecule has 0 aliphatic carbocycles. The third-order valence-electron chi connectivity index (χ3n) is 2.83. The van der Waals surface area contributed by atoms with Gasteiger partial charge in [0.15, 0.2) is 9.84 Å². The summed E-state index contributed by atoms with van der Waals surface area (Å²) in [5.74, 6) is 0.0585. The van der Waals surface area contributed by atoms with Crippen molar-refractivity contribution in [1.29, 1.82) is 0 Å². The molecule has 18 heavy (non-hydrogen) atoms. The summed E-state index contributed by atoms with van der Waals surface area (Å²) in [5.41, 5.74) is 5.72. The first-order valence-electron chi connectivity index (χ1n) is 5.59. The number of nitrogens with one attached hydrogen (secondary N) is 2. The molecule has 1 aliphatic rings. The molecule has 7 heteroatoms. The predicted molar refractivity (Wildman–Crippen MR) is 66.8 cm³/mol. The van der Waals surface area contributed by atoms with Crippen molar-refractivity contribution in [3.05, 3.63) is 29.8 Å². The number of hydrogen-bond donors (Lipinski definition) is 3. The molecule has 1 aromatic carbocycles. The fraction of sp³-hybridized carbons (Fsp3) is 0.364. The number of nitrogens with two attached hydrogens (primary N) is 1. The van der Waals surface area contributed by atoms with Crippen molar-refractivity contribution in [1.82, 2.24) is 10.6 Å². The van der Waals surface area contributed by atoms with Crippen molar-refractivity contribution in [2.45, 2.75) is 10.9 Å². The van der Waals surface area contributed by atoms with E-state index in [1.807, 2.05) is 6.07 Å². The minimum atomic E-state index is -3.18. The lowest BCUT2D eigenvalue weighted by molar-refractivity contribution is 0.249. The van der Waals surface area contributed by atoms with E-state index in [9.17, 15) is 13.2 Å². The van der Waals surface area contributed by atoms with Gasteiger partial charge in [0, 0.05) is 19.1 Å². The van der Waals surface area contributed by atoms with E-state index >= 15 is 0 Å². The quantitative estimate of drug-likeness (QED) is 0.657. The van der Waals surface area contributed by atoms with E-state index in [2.05, 4.69) is 10.6 Å². The van der Waals surface area contributed by atoms with Crippen LogP contribution >= 0.6 is 0 Å². The number of sulfone groups is 1. The lowest BCUT2D eigenvalue weighted by Gasteiger charge is -2.12. The van der Waals surface area contributed by atoms with Crippen LogP contribution in [0.2, 0.25) is 0 Å². The first-order valence-corrected chi connectivity index (χ1v) is 7.24. The van der Waals surface area contributed by atoms with Gasteiger partial charge in [0.1, 0.15) is 0 Å². The zero-order valence-electron chi connectivity index (χ0n) is 9.72. The van der Waals surface area contributed by atoms with Crippen LogP contribution < -0.4 is 16.4 Å². The van der Waals surface area contributed by atoms with E-state index in [1.165, 1.54) is 0 Å². The summed E-state index contributed by atoms with van der Waals surface area (Å²) < 4.78 is 23.7. The number of carbonyl (C=O) groups is 1. The van der Waals surface area contributed by atoms with Crippen molar-refractivity contribution in [3.63, 3.8) is 0 Å². The number of fused-ring (bicyclic) bond motifs is 1. The molecule has 1 aromatic rings. The SMILES string of the molecule is NC(=O)NCCNC1CS(=O)(=O)c2ccccc21. The summed E-state index contributed by atoms with van der Waals surface area (Å²) >= 11 is 0. The Morgan fingerprint density at radius 1 is 1.33 bits per heavy atom. The Kier molecular flexibility index (Phi) is 3.53. The van der Waals surface area contributed by atoms with E-state index in [0.29, 0.717) is 18.0 Å². The zero-order chi connectivity index (χ0) is 13.2. The molecule has 4 N–H and O–H groups in total. The van der Waals surface area contributed by atoms with E-state index in [-0.39, 0.29) is 11.8 Å². The molecule has 1 aliphatic heterocycles. The average molecular weight is 269 g/mol. The first kappa shape index (κ1) is 12.8. The van der Waals surface area contributed by atoms with Gasteiger partial charge in [0.2, 0.25) is 0 Å². The Morgan fingerprint density at radius 3 is 2.78 bits per heavy atom. The largest absolute Gasteiger partial charge is 0.352 e. The van der Waals surface area contributed by atoms with Crippen molar-refractivity contribution in [3.8, 4) is 0 Å². The Labute approximate surface area is 105 Å². The molecule has 0 bridgehead atoms. The van der Waals surface area contributed by atoms with Crippen LogP contribution in [0.15, 0.2) is 29.2 Å². The normalized spacial score (nSPS) is 20.3. The maximum absolute atomic E-state index is 11.9. The molecule has 1 atom stereocenters. The van der Waals surface area contributed by atoms with Gasteiger partial charge in [-0.2, -0.15) is 0 Å². The van der Waals surface area contributed by atoms with Gasteiger partial charge in [0.05, 0.1) is 10.6 Å². The molecular formula is C11H15N3O3S. The summed E-state index contributed by atoms with van der Waals surface area (Å²) in [6.45, 7) is 0.839. The van der Waals surface area contributed by atoms with E-state index in [0.717, 1.165) is 5.56 Å². The number of carbonyl (C=O) groups excluding carboxylic acids is 1. The van der Waals surface area contributed by atoms with Gasteiger partial charge < -0.3 is 16.4 Å². The summed E-state index contributed by atoms with van der Waals surface area (Å²) in [5, 5.41) is 5.54. The first-order chi connectivity index (χ1) is 8.50. The Bertz CT molecular complexity index is 556. The molecule has 0 fully saturated rings. The molecule has 98 valence electrons. The summed E-state index contributed by atoms with van der Waals surface area (Å²) in [6.07, 6.45) is 0. The third-order valence-corrected chi connectivity index (χ3v) is 4.64. The van der Waals surface area contributed by atoms with Gasteiger partial charge in [-0.05, 0) is 11.6 Å². The van der Waals surface area contributed by atoms with Gasteiger partial charge in [-0.25, -0.2) is 13.2 Å².